The second kappa shape index (κ2) is 7.93. The number of rotatable bonds is 5. The van der Waals surface area contributed by atoms with Crippen LogP contribution in [0, 0.1) is 11.3 Å². The summed E-state index contributed by atoms with van der Waals surface area (Å²) in [5.41, 5.74) is 2.13. The molecule has 0 radical (unpaired) electrons. The first-order valence-corrected chi connectivity index (χ1v) is 8.91. The lowest BCUT2D eigenvalue weighted by molar-refractivity contribution is -0.0394. The van der Waals surface area contributed by atoms with Crippen molar-refractivity contribution < 1.29 is 9.47 Å². The highest BCUT2D eigenvalue weighted by molar-refractivity contribution is 7.16. The van der Waals surface area contributed by atoms with Gasteiger partial charge in [0, 0.05) is 31.1 Å². The Labute approximate surface area is 155 Å². The average Bonchev–Trinajstić information content (AvgIpc) is 3.22. The third kappa shape index (κ3) is 4.17. The van der Waals surface area contributed by atoms with Gasteiger partial charge < -0.3 is 14.4 Å². The van der Waals surface area contributed by atoms with E-state index in [4.69, 9.17) is 21.1 Å². The van der Waals surface area contributed by atoms with Gasteiger partial charge in [-0.25, -0.2) is 0 Å². The SMILES string of the molecule is CN(C)c1ccc(N=Nc2sc(CC3OCCO3)c(Cl)c2C#N)cc1. The van der Waals surface area contributed by atoms with E-state index in [1.807, 2.05) is 43.3 Å². The van der Waals surface area contributed by atoms with Crippen molar-refractivity contribution in [2.45, 2.75) is 12.7 Å². The predicted molar refractivity (Wildman–Crippen MR) is 98.4 cm³/mol. The lowest BCUT2D eigenvalue weighted by Crippen LogP contribution is -2.10. The van der Waals surface area contributed by atoms with E-state index in [0.717, 1.165) is 10.6 Å². The van der Waals surface area contributed by atoms with E-state index < -0.39 is 0 Å². The number of halogens is 1. The maximum Gasteiger partial charge on any atom is 0.162 e. The van der Waals surface area contributed by atoms with E-state index in [2.05, 4.69) is 16.3 Å². The van der Waals surface area contributed by atoms with Crippen molar-refractivity contribution in [1.82, 2.24) is 0 Å². The maximum atomic E-state index is 9.37. The molecular weight excluding hydrogens is 360 g/mol. The number of hydrogen-bond donors (Lipinski definition) is 0. The highest BCUT2D eigenvalue weighted by Gasteiger charge is 2.23. The number of thiophene rings is 1. The van der Waals surface area contributed by atoms with E-state index >= 15 is 0 Å². The van der Waals surface area contributed by atoms with Gasteiger partial charge in [0.2, 0.25) is 0 Å². The zero-order chi connectivity index (χ0) is 17.8. The van der Waals surface area contributed by atoms with E-state index in [-0.39, 0.29) is 6.29 Å². The van der Waals surface area contributed by atoms with Crippen LogP contribution >= 0.6 is 22.9 Å². The highest BCUT2D eigenvalue weighted by Crippen LogP contribution is 2.40. The zero-order valence-electron chi connectivity index (χ0n) is 13.9. The van der Waals surface area contributed by atoms with Gasteiger partial charge in [0.15, 0.2) is 11.3 Å². The summed E-state index contributed by atoms with van der Waals surface area (Å²) < 4.78 is 10.9. The summed E-state index contributed by atoms with van der Waals surface area (Å²) in [6.45, 7) is 1.16. The summed E-state index contributed by atoms with van der Waals surface area (Å²) in [6, 6.07) is 9.78. The lowest BCUT2D eigenvalue weighted by Gasteiger charge is -2.11. The Morgan fingerprint density at radius 3 is 2.52 bits per heavy atom. The smallest absolute Gasteiger partial charge is 0.162 e. The number of nitriles is 1. The lowest BCUT2D eigenvalue weighted by atomic mass is 10.2. The van der Waals surface area contributed by atoms with Crippen LogP contribution in [0.5, 0.6) is 0 Å². The summed E-state index contributed by atoms with van der Waals surface area (Å²) in [4.78, 5) is 2.83. The topological polar surface area (TPSA) is 70.2 Å². The monoisotopic (exact) mass is 376 g/mol. The molecule has 0 amide bonds. The Balaban J connectivity index is 1.80. The summed E-state index contributed by atoms with van der Waals surface area (Å²) in [7, 11) is 3.95. The molecule has 2 heterocycles. The van der Waals surface area contributed by atoms with Crippen LogP contribution in [0.25, 0.3) is 0 Å². The minimum absolute atomic E-state index is 0.314. The Morgan fingerprint density at radius 1 is 1.24 bits per heavy atom. The van der Waals surface area contributed by atoms with Crippen molar-refractivity contribution in [2.24, 2.45) is 10.2 Å². The molecule has 0 bridgehead atoms. The Hall–Kier alpha value is -1.98. The third-order valence-corrected chi connectivity index (χ3v) is 5.30. The van der Waals surface area contributed by atoms with Gasteiger partial charge in [-0.05, 0) is 24.3 Å². The van der Waals surface area contributed by atoms with Crippen molar-refractivity contribution in [2.75, 3.05) is 32.2 Å². The predicted octanol–water partition coefficient (Wildman–Crippen LogP) is 4.67. The van der Waals surface area contributed by atoms with Gasteiger partial charge >= 0.3 is 0 Å². The molecule has 2 aromatic rings. The van der Waals surface area contributed by atoms with Gasteiger partial charge in [0.25, 0.3) is 0 Å². The number of anilines is 1. The summed E-state index contributed by atoms with van der Waals surface area (Å²) >= 11 is 7.66. The van der Waals surface area contributed by atoms with E-state index in [1.165, 1.54) is 11.3 Å². The van der Waals surface area contributed by atoms with E-state index in [1.54, 1.807) is 0 Å². The van der Waals surface area contributed by atoms with Crippen LogP contribution in [0.3, 0.4) is 0 Å². The molecule has 1 aromatic carbocycles. The zero-order valence-corrected chi connectivity index (χ0v) is 15.5. The molecule has 25 heavy (non-hydrogen) atoms. The fourth-order valence-corrected chi connectivity index (χ4v) is 3.70. The minimum Gasteiger partial charge on any atom is -0.378 e. The molecule has 0 saturated carbocycles. The standard InChI is InChI=1S/C17H17ClN4O2S/c1-22(2)12-5-3-11(4-6-12)20-21-17-13(10-19)16(18)14(25-17)9-15-23-7-8-24-15/h3-6,15H,7-9H2,1-2H3. The van der Waals surface area contributed by atoms with Crippen LogP contribution in [-0.4, -0.2) is 33.6 Å². The van der Waals surface area contributed by atoms with Gasteiger partial charge in [-0.1, -0.05) is 11.6 Å². The van der Waals surface area contributed by atoms with Crippen LogP contribution in [0.1, 0.15) is 10.4 Å². The van der Waals surface area contributed by atoms with Gasteiger partial charge in [0.1, 0.15) is 11.6 Å². The second-order valence-corrected chi connectivity index (χ2v) is 7.08. The van der Waals surface area contributed by atoms with Crippen molar-refractivity contribution in [1.29, 1.82) is 5.26 Å². The van der Waals surface area contributed by atoms with Gasteiger partial charge in [-0.3, -0.25) is 0 Å². The first-order chi connectivity index (χ1) is 12.1. The summed E-state index contributed by atoms with van der Waals surface area (Å²) in [6.07, 6.45) is 0.191. The molecule has 0 aliphatic carbocycles. The molecule has 0 N–H and O–H groups in total. The first-order valence-electron chi connectivity index (χ1n) is 7.72. The van der Waals surface area contributed by atoms with Crippen molar-refractivity contribution in [3.63, 3.8) is 0 Å². The van der Waals surface area contributed by atoms with Crippen molar-refractivity contribution in [3.8, 4) is 6.07 Å². The molecule has 0 unspecified atom stereocenters. The number of nitrogens with zero attached hydrogens (tertiary/aromatic N) is 4. The van der Waals surface area contributed by atoms with E-state index in [9.17, 15) is 5.26 Å². The van der Waals surface area contributed by atoms with Crippen LogP contribution in [0.2, 0.25) is 5.02 Å². The first kappa shape index (κ1) is 17.8. The number of hydrogen-bond acceptors (Lipinski definition) is 7. The molecule has 1 aliphatic heterocycles. The quantitative estimate of drug-likeness (QED) is 0.711. The Morgan fingerprint density at radius 2 is 1.92 bits per heavy atom. The Kier molecular flexibility index (Phi) is 5.66. The van der Waals surface area contributed by atoms with Gasteiger partial charge in [-0.15, -0.1) is 21.6 Å². The third-order valence-electron chi connectivity index (χ3n) is 3.68. The molecule has 1 aliphatic rings. The molecule has 0 spiro atoms. The number of azo groups is 1. The molecule has 1 saturated heterocycles. The molecule has 1 aromatic heterocycles. The molecule has 3 rings (SSSR count). The molecule has 8 heteroatoms. The normalized spacial score (nSPS) is 15.0. The largest absolute Gasteiger partial charge is 0.378 e. The van der Waals surface area contributed by atoms with Crippen LogP contribution in [0.15, 0.2) is 34.5 Å². The van der Waals surface area contributed by atoms with Gasteiger partial charge in [0.05, 0.1) is 23.9 Å². The highest BCUT2D eigenvalue weighted by atomic mass is 35.5. The number of ether oxygens (including phenoxy) is 2. The average molecular weight is 377 g/mol. The molecule has 1 fully saturated rings. The van der Waals surface area contributed by atoms with Crippen molar-refractivity contribution >= 4 is 39.3 Å². The van der Waals surface area contributed by atoms with Crippen LogP contribution in [-0.2, 0) is 15.9 Å². The minimum atomic E-state index is -0.314. The maximum absolute atomic E-state index is 9.37. The van der Waals surface area contributed by atoms with Gasteiger partial charge in [-0.2, -0.15) is 5.26 Å². The fraction of sp³-hybridized carbons (Fsp3) is 0.353. The van der Waals surface area contributed by atoms with E-state index in [0.29, 0.717) is 40.9 Å². The van der Waals surface area contributed by atoms with Crippen molar-refractivity contribution in [3.05, 3.63) is 39.7 Å². The molecule has 6 nitrogen and oxygen atoms in total. The summed E-state index contributed by atoms with van der Waals surface area (Å²) in [5.74, 6) is 0. The molecular formula is C17H17ClN4O2S. The van der Waals surface area contributed by atoms with Crippen LogP contribution < -0.4 is 4.90 Å². The second-order valence-electron chi connectivity index (χ2n) is 5.62. The number of benzene rings is 1. The fourth-order valence-electron chi connectivity index (χ4n) is 2.34. The summed E-state index contributed by atoms with van der Waals surface area (Å²) in [5, 5.41) is 18.7. The Bertz CT molecular complexity index is 805. The van der Waals surface area contributed by atoms with Crippen LogP contribution in [0.4, 0.5) is 16.4 Å². The molecule has 0 atom stereocenters. The molecule has 130 valence electrons.